The number of carbonyl (C=O) groups excluding carboxylic acids is 3. The molecule has 2 bridgehead atoms. The molecule has 0 saturated carbocycles. The first-order valence-electron chi connectivity index (χ1n) is 12.7. The Bertz CT molecular complexity index is 1180. The van der Waals surface area contributed by atoms with Crippen LogP contribution in [-0.2, 0) is 19.1 Å². The molecule has 3 aliphatic rings. The number of fused-ring (bicyclic) bond motifs is 1. The summed E-state index contributed by atoms with van der Waals surface area (Å²) in [6, 6.07) is 13.4. The number of amides is 3. The van der Waals surface area contributed by atoms with Gasteiger partial charge in [-0.3, -0.25) is 14.4 Å². The van der Waals surface area contributed by atoms with Gasteiger partial charge in [-0.15, -0.1) is 0 Å². The molecule has 3 fully saturated rings. The SMILES string of the molecule is CC[C@@H](CO)N1C(=O)[C@@H]2[C@H](C(=O)Nc3ccccc3)[C@@H]3CCC2(O3)C1C(=O)Nc1cc(C)ccc1C. The minimum absolute atomic E-state index is 0.275. The fourth-order valence-electron chi connectivity index (χ4n) is 6.32. The third-order valence-corrected chi connectivity index (χ3v) is 8.06. The molecule has 8 heteroatoms. The van der Waals surface area contributed by atoms with Gasteiger partial charge in [0.25, 0.3) is 0 Å². The maximum atomic E-state index is 14.0. The van der Waals surface area contributed by atoms with Gasteiger partial charge < -0.3 is 25.4 Å². The number of hydrogen-bond donors (Lipinski definition) is 3. The van der Waals surface area contributed by atoms with E-state index in [2.05, 4.69) is 10.6 Å². The molecule has 0 radical (unpaired) electrons. The van der Waals surface area contributed by atoms with Crippen LogP contribution in [0.2, 0.25) is 0 Å². The van der Waals surface area contributed by atoms with Gasteiger partial charge in [0.05, 0.1) is 30.6 Å². The van der Waals surface area contributed by atoms with Crippen molar-refractivity contribution in [2.75, 3.05) is 17.2 Å². The molecule has 3 aliphatic heterocycles. The number of likely N-dealkylation sites (tertiary alicyclic amines) is 1. The summed E-state index contributed by atoms with van der Waals surface area (Å²) in [7, 11) is 0. The second kappa shape index (κ2) is 9.33. The Morgan fingerprint density at radius 1 is 1.14 bits per heavy atom. The van der Waals surface area contributed by atoms with Crippen LogP contribution in [0.4, 0.5) is 11.4 Å². The molecule has 36 heavy (non-hydrogen) atoms. The third kappa shape index (κ3) is 3.79. The maximum Gasteiger partial charge on any atom is 0.250 e. The first-order valence-corrected chi connectivity index (χ1v) is 12.7. The second-order valence-electron chi connectivity index (χ2n) is 10.2. The van der Waals surface area contributed by atoms with E-state index in [4.69, 9.17) is 4.74 Å². The molecule has 190 valence electrons. The van der Waals surface area contributed by atoms with E-state index in [1.165, 1.54) is 4.90 Å². The van der Waals surface area contributed by atoms with Crippen molar-refractivity contribution < 1.29 is 24.2 Å². The molecule has 3 heterocycles. The molecule has 5 rings (SSSR count). The first-order chi connectivity index (χ1) is 17.3. The predicted molar refractivity (Wildman–Crippen MR) is 135 cm³/mol. The number of aliphatic hydroxyl groups excluding tert-OH is 1. The van der Waals surface area contributed by atoms with E-state index in [1.807, 2.05) is 57.2 Å². The Hall–Kier alpha value is -3.23. The fraction of sp³-hybridized carbons (Fsp3) is 0.464. The number of hydrogen-bond acceptors (Lipinski definition) is 5. The van der Waals surface area contributed by atoms with E-state index < -0.39 is 35.6 Å². The molecule has 1 spiro atoms. The zero-order chi connectivity index (χ0) is 25.6. The summed E-state index contributed by atoms with van der Waals surface area (Å²) >= 11 is 0. The number of nitrogens with zero attached hydrogens (tertiary/aromatic N) is 1. The molecule has 8 nitrogen and oxygen atoms in total. The molecule has 3 N–H and O–H groups in total. The van der Waals surface area contributed by atoms with Crippen LogP contribution >= 0.6 is 0 Å². The zero-order valence-corrected chi connectivity index (χ0v) is 20.9. The van der Waals surface area contributed by atoms with E-state index in [9.17, 15) is 19.5 Å². The van der Waals surface area contributed by atoms with Crippen LogP contribution in [0.3, 0.4) is 0 Å². The van der Waals surface area contributed by atoms with Crippen molar-refractivity contribution in [3.63, 3.8) is 0 Å². The van der Waals surface area contributed by atoms with Crippen LogP contribution in [0.1, 0.15) is 37.3 Å². The van der Waals surface area contributed by atoms with Gasteiger partial charge in [-0.25, -0.2) is 0 Å². The minimum Gasteiger partial charge on any atom is -0.394 e. The van der Waals surface area contributed by atoms with Crippen LogP contribution in [0, 0.1) is 25.7 Å². The lowest BCUT2D eigenvalue weighted by atomic mass is 9.70. The largest absolute Gasteiger partial charge is 0.394 e. The molecular weight excluding hydrogens is 458 g/mol. The Morgan fingerprint density at radius 3 is 2.58 bits per heavy atom. The minimum atomic E-state index is -1.11. The summed E-state index contributed by atoms with van der Waals surface area (Å²) in [5.41, 5.74) is 2.13. The van der Waals surface area contributed by atoms with Gasteiger partial charge in [0.15, 0.2) is 0 Å². The van der Waals surface area contributed by atoms with Crippen LogP contribution in [0.15, 0.2) is 48.5 Å². The van der Waals surface area contributed by atoms with Gasteiger partial charge in [0, 0.05) is 11.4 Å². The maximum absolute atomic E-state index is 14.0. The summed E-state index contributed by atoms with van der Waals surface area (Å²) in [6.07, 6.45) is 1.14. The summed E-state index contributed by atoms with van der Waals surface area (Å²) in [5, 5.41) is 16.1. The Morgan fingerprint density at radius 2 is 1.89 bits per heavy atom. The van der Waals surface area contributed by atoms with E-state index in [0.717, 1.165) is 11.1 Å². The lowest BCUT2D eigenvalue weighted by Gasteiger charge is -2.36. The number of nitrogens with one attached hydrogen (secondary N) is 2. The Balaban J connectivity index is 1.51. The number of anilines is 2. The number of aryl methyl sites for hydroxylation is 2. The van der Waals surface area contributed by atoms with Crippen molar-refractivity contribution >= 4 is 29.1 Å². The highest BCUT2D eigenvalue weighted by molar-refractivity contribution is 6.05. The van der Waals surface area contributed by atoms with Crippen molar-refractivity contribution in [2.45, 2.75) is 63.8 Å². The highest BCUT2D eigenvalue weighted by Gasteiger charge is 2.75. The highest BCUT2D eigenvalue weighted by atomic mass is 16.5. The van der Waals surface area contributed by atoms with Gasteiger partial charge in [0.2, 0.25) is 17.7 Å². The summed E-state index contributed by atoms with van der Waals surface area (Å²) in [6.45, 7) is 5.46. The molecule has 6 atom stereocenters. The zero-order valence-electron chi connectivity index (χ0n) is 20.9. The number of ether oxygens (including phenoxy) is 1. The Labute approximate surface area is 211 Å². The quantitative estimate of drug-likeness (QED) is 0.552. The van der Waals surface area contributed by atoms with E-state index in [-0.39, 0.29) is 24.3 Å². The lowest BCUT2D eigenvalue weighted by Crippen LogP contribution is -2.56. The fourth-order valence-corrected chi connectivity index (χ4v) is 6.32. The molecule has 3 amide bonds. The van der Waals surface area contributed by atoms with Gasteiger partial charge in [0.1, 0.15) is 11.6 Å². The normalized spacial score (nSPS) is 29.2. The lowest BCUT2D eigenvalue weighted by molar-refractivity contribution is -0.143. The van der Waals surface area contributed by atoms with Gasteiger partial charge in [-0.05, 0) is 62.4 Å². The predicted octanol–water partition coefficient (Wildman–Crippen LogP) is 3.03. The second-order valence-corrected chi connectivity index (χ2v) is 10.2. The summed E-state index contributed by atoms with van der Waals surface area (Å²) in [5.74, 6) is -2.42. The number of benzene rings is 2. The van der Waals surface area contributed by atoms with Crippen LogP contribution in [0.25, 0.3) is 0 Å². The van der Waals surface area contributed by atoms with Crippen LogP contribution < -0.4 is 10.6 Å². The molecule has 2 unspecified atom stereocenters. The third-order valence-electron chi connectivity index (χ3n) is 8.06. The van der Waals surface area contributed by atoms with Crippen LogP contribution in [0.5, 0.6) is 0 Å². The number of aliphatic hydroxyl groups is 1. The molecule has 0 aliphatic carbocycles. The molecular formula is C28H33N3O5. The van der Waals surface area contributed by atoms with Crippen molar-refractivity contribution in [3.8, 4) is 0 Å². The number of carbonyl (C=O) groups is 3. The van der Waals surface area contributed by atoms with Crippen molar-refractivity contribution in [1.82, 2.24) is 4.90 Å². The average molecular weight is 492 g/mol. The standard InChI is InChI=1S/C28H33N3O5/c1-4-19(15-32)31-24(26(34)30-20-14-16(2)10-11-17(20)3)28-13-12-21(36-28)22(23(28)27(31)35)25(33)29-18-8-6-5-7-9-18/h5-11,14,19,21-24,32H,4,12-13,15H2,1-3H3,(H,29,33)(H,30,34)/t19-,21-,22+,23-,24?,28?/m0/s1. The summed E-state index contributed by atoms with van der Waals surface area (Å²) in [4.78, 5) is 42.8. The van der Waals surface area contributed by atoms with E-state index in [0.29, 0.717) is 30.6 Å². The Kier molecular flexibility index (Phi) is 6.34. The van der Waals surface area contributed by atoms with Gasteiger partial charge >= 0.3 is 0 Å². The number of para-hydroxylation sites is 1. The molecule has 2 aromatic rings. The monoisotopic (exact) mass is 491 g/mol. The van der Waals surface area contributed by atoms with Crippen molar-refractivity contribution in [2.24, 2.45) is 11.8 Å². The summed E-state index contributed by atoms with van der Waals surface area (Å²) < 4.78 is 6.45. The smallest absolute Gasteiger partial charge is 0.250 e. The van der Waals surface area contributed by atoms with Gasteiger partial charge in [-0.2, -0.15) is 0 Å². The average Bonchev–Trinajstić information content (AvgIpc) is 3.50. The molecule has 0 aromatic heterocycles. The van der Waals surface area contributed by atoms with Crippen molar-refractivity contribution in [1.29, 1.82) is 0 Å². The molecule has 2 aromatic carbocycles. The first kappa shape index (κ1) is 24.5. The van der Waals surface area contributed by atoms with Crippen LogP contribution in [-0.4, -0.2) is 58.1 Å². The number of rotatable bonds is 7. The highest BCUT2D eigenvalue weighted by Crippen LogP contribution is 2.59. The molecule has 3 saturated heterocycles. The van der Waals surface area contributed by atoms with E-state index >= 15 is 0 Å². The van der Waals surface area contributed by atoms with Crippen molar-refractivity contribution in [3.05, 3.63) is 59.7 Å². The topological polar surface area (TPSA) is 108 Å². The van der Waals surface area contributed by atoms with E-state index in [1.54, 1.807) is 12.1 Å². The van der Waals surface area contributed by atoms with Gasteiger partial charge in [-0.1, -0.05) is 37.3 Å².